The Bertz CT molecular complexity index is 2480. The van der Waals surface area contributed by atoms with Gasteiger partial charge in [-0.2, -0.15) is 54.0 Å². The van der Waals surface area contributed by atoms with Crippen molar-refractivity contribution in [3.05, 3.63) is 144 Å². The average molecular weight is 1660 g/mol. The van der Waals surface area contributed by atoms with Crippen molar-refractivity contribution in [1.29, 1.82) is 0 Å². The largest absolute Gasteiger partial charge is 0.496 e. The predicted molar refractivity (Wildman–Crippen MR) is 396 cm³/mol. The number of benzene rings is 5. The third-order valence-corrected chi connectivity index (χ3v) is 13.2. The number of hydrogen-bond acceptors (Lipinski definition) is 10. The molecule has 79 heavy (non-hydrogen) atoms. The van der Waals surface area contributed by atoms with E-state index in [1.54, 1.807) is 55.0 Å². The fourth-order valence-corrected chi connectivity index (χ4v) is 9.31. The van der Waals surface area contributed by atoms with Crippen LogP contribution in [0.4, 0.5) is 0 Å². The molecule has 22 heteroatoms. The number of Topliss-reactive ketones (excluding diaryl/α,β-unsaturated/α-hetero) is 1. The van der Waals surface area contributed by atoms with Crippen molar-refractivity contribution in [3.8, 4) is 28.7 Å². The molecule has 0 unspecified atom stereocenters. The summed E-state index contributed by atoms with van der Waals surface area (Å²) in [6.45, 7) is 29.7. The van der Waals surface area contributed by atoms with Gasteiger partial charge in [-0.1, -0.05) is 24.3 Å². The van der Waals surface area contributed by atoms with Gasteiger partial charge in [0.25, 0.3) is 0 Å². The van der Waals surface area contributed by atoms with Gasteiger partial charge >= 0.3 is 0 Å². The molecular weight excluding hydrogens is 1570 g/mol. The highest BCUT2D eigenvalue weighted by Gasteiger charge is 2.14. The number of rotatable bonds is 14. The Balaban J connectivity index is -0.000000205. The summed E-state index contributed by atoms with van der Waals surface area (Å²) in [6, 6.07) is 20.6. The normalized spacial score (nSPS) is 11.8. The van der Waals surface area contributed by atoms with Crippen molar-refractivity contribution in [2.24, 2.45) is 11.5 Å². The van der Waals surface area contributed by atoms with Crippen LogP contribution < -0.4 is 44.6 Å². The van der Waals surface area contributed by atoms with E-state index >= 15 is 0 Å². The van der Waals surface area contributed by atoms with Crippen LogP contribution in [0.2, 0.25) is 0 Å². The number of nitrogens with two attached hydrogens (primary N) is 2. The van der Waals surface area contributed by atoms with Crippen LogP contribution in [0.5, 0.6) is 28.7 Å². The van der Waals surface area contributed by atoms with Crippen molar-refractivity contribution in [2.75, 3.05) is 48.1 Å². The van der Waals surface area contributed by atoms with Crippen LogP contribution in [-0.4, -0.2) is 62.3 Å². The molecule has 0 fully saturated rings. The first kappa shape index (κ1) is 89.4. The van der Waals surface area contributed by atoms with Crippen LogP contribution in [0.25, 0.3) is 0 Å². The van der Waals surface area contributed by atoms with Crippen molar-refractivity contribution < 1.29 is 36.9 Å². The highest BCUT2D eigenvalue weighted by atomic mass is 128. The first-order chi connectivity index (χ1) is 35.1. The molecule has 454 valence electrons. The molecule has 0 amide bonds. The number of carbonyl (C=O) groups is 1. The van der Waals surface area contributed by atoms with Gasteiger partial charge in [0.05, 0.1) is 57.5 Å². The van der Waals surface area contributed by atoms with Crippen LogP contribution in [-0.2, 0) is 22.0 Å². The Labute approximate surface area is 556 Å². The minimum atomic E-state index is -0.999. The molecule has 0 saturated carbocycles. The lowest BCUT2D eigenvalue weighted by Gasteiger charge is -2.17. The second-order valence-electron chi connectivity index (χ2n) is 18.1. The summed E-state index contributed by atoms with van der Waals surface area (Å²) in [5.41, 5.74) is 28.3. The Morgan fingerprint density at radius 2 is 0.608 bits per heavy atom. The zero-order valence-corrected chi connectivity index (χ0v) is 64.6. The Morgan fingerprint density at radius 3 is 0.810 bits per heavy atom. The topological polar surface area (TPSA) is 173 Å². The maximum atomic E-state index is 11.2. The summed E-state index contributed by atoms with van der Waals surface area (Å²) in [6.07, 6.45) is 3.28. The molecule has 5 aromatic carbocycles. The fourth-order valence-electron chi connectivity index (χ4n) is 8.06. The molecule has 0 saturated heterocycles. The van der Waals surface area contributed by atoms with Gasteiger partial charge in [-0.15, -0.1) is 0 Å². The lowest BCUT2D eigenvalue weighted by atomic mass is 10.00. The van der Waals surface area contributed by atoms with Gasteiger partial charge < -0.3 is 35.2 Å². The van der Waals surface area contributed by atoms with Crippen LogP contribution in [0, 0.1) is 69.2 Å². The zero-order chi connectivity index (χ0) is 58.6. The van der Waals surface area contributed by atoms with Gasteiger partial charge in [-0.25, -0.2) is 17.9 Å². The standard InChI is InChI=1S/2C12H19NO2S.2C11H17NO.C11H14O2.2I2.4H2S/c2*1-8-7-12(15-4)9(2)6-11(8)10(3)13-16(5)14;3*1-7-6-11(13-4)8(2)5-10(7)9(3)12;2*1-2;;;;/h2*6-7,10,13H,1-5H3;2*5-6,9H,12H2,1-4H3;5-6H,1-4H3;;;4*1H2/t10-,16+;10-,16-;2*9-;;;;;;;/m1010......./s1. The molecule has 0 spiro atoms. The van der Waals surface area contributed by atoms with Crippen molar-refractivity contribution in [2.45, 2.75) is 128 Å². The van der Waals surface area contributed by atoms with Crippen molar-refractivity contribution in [3.63, 3.8) is 0 Å². The first-order valence-corrected chi connectivity index (χ1v) is 39.5. The smallest absolute Gasteiger partial charge is 0.160 e. The van der Waals surface area contributed by atoms with Crippen LogP contribution in [0.1, 0.15) is 147 Å². The minimum Gasteiger partial charge on any atom is -0.496 e. The van der Waals surface area contributed by atoms with E-state index in [1.165, 1.54) is 22.3 Å². The molecule has 6 N–H and O–H groups in total. The van der Waals surface area contributed by atoms with E-state index in [0.717, 1.165) is 89.9 Å². The van der Waals surface area contributed by atoms with E-state index < -0.39 is 22.0 Å². The first-order valence-electron chi connectivity index (χ1n) is 23.8. The summed E-state index contributed by atoms with van der Waals surface area (Å²) in [4.78, 5) is 11.2. The number of carbonyl (C=O) groups excluding carboxylic acids is 1. The molecule has 0 aliphatic carbocycles. The van der Waals surface area contributed by atoms with E-state index in [-0.39, 0.29) is 83.9 Å². The van der Waals surface area contributed by atoms with Crippen LogP contribution in [0.15, 0.2) is 60.7 Å². The number of ether oxygens (including phenoxy) is 5. The lowest BCUT2D eigenvalue weighted by molar-refractivity contribution is 0.101. The molecule has 0 heterocycles. The molecule has 0 aliphatic rings. The summed E-state index contributed by atoms with van der Waals surface area (Å²) >= 11 is 8.48. The Kier molecular flexibility index (Phi) is 53.7. The van der Waals surface area contributed by atoms with Gasteiger partial charge in [0.1, 0.15) is 28.7 Å². The summed E-state index contributed by atoms with van der Waals surface area (Å²) in [7, 11) is 6.35. The minimum absolute atomic E-state index is 0. The molecule has 12 nitrogen and oxygen atoms in total. The number of halogens is 4. The van der Waals surface area contributed by atoms with Crippen LogP contribution >= 0.6 is 128 Å². The third-order valence-electron chi connectivity index (χ3n) is 11.9. The van der Waals surface area contributed by atoms with Gasteiger partial charge in [0.15, 0.2) is 5.78 Å². The van der Waals surface area contributed by atoms with E-state index in [4.69, 9.17) is 35.2 Å². The second kappa shape index (κ2) is 47.5. The van der Waals surface area contributed by atoms with Crippen LogP contribution in [0.3, 0.4) is 0 Å². The highest BCUT2D eigenvalue weighted by Crippen LogP contribution is 2.30. The molecule has 0 aromatic heterocycles. The van der Waals surface area contributed by atoms with Gasteiger partial charge in [0, 0.05) is 117 Å². The summed E-state index contributed by atoms with van der Waals surface area (Å²) < 4.78 is 54.3. The zero-order valence-electron chi connectivity index (χ0n) is 50.3. The van der Waals surface area contributed by atoms with E-state index in [0.29, 0.717) is 0 Å². The van der Waals surface area contributed by atoms with E-state index in [1.807, 2.05) is 119 Å². The van der Waals surface area contributed by atoms with Crippen molar-refractivity contribution in [1.82, 2.24) is 9.44 Å². The van der Waals surface area contributed by atoms with Gasteiger partial charge in [-0.05, 0) is 218 Å². The predicted octanol–water partition coefficient (Wildman–Crippen LogP) is 15.7. The number of methoxy groups -OCH3 is 5. The third kappa shape index (κ3) is 31.8. The van der Waals surface area contributed by atoms with Gasteiger partial charge in [-0.3, -0.25) is 4.79 Å². The number of aryl methyl sites for hydroxylation is 10. The second-order valence-corrected chi connectivity index (χ2v) is 20.4. The molecule has 6 atom stereocenters. The summed E-state index contributed by atoms with van der Waals surface area (Å²) in [5.74, 6) is 4.59. The molecule has 0 bridgehead atoms. The molecule has 5 rings (SSSR count). The van der Waals surface area contributed by atoms with Crippen molar-refractivity contribution >= 4 is 156 Å². The van der Waals surface area contributed by atoms with E-state index in [2.05, 4.69) is 122 Å². The monoisotopic (exact) mass is 1660 g/mol. The Morgan fingerprint density at radius 1 is 0.405 bits per heavy atom. The quantitative estimate of drug-likeness (QED) is 0.0619. The maximum absolute atomic E-state index is 11.2. The number of ketones is 1. The SMILES string of the molecule is COc1cc(C)c(C(C)=O)cc1C.COc1cc(C)c([C@@H](C)N)cc1C.COc1cc(C)c([C@@H](C)N[S@](C)=O)cc1C.COc1cc(C)c([C@H](C)N)cc1C.COc1cc(C)c([C@H](C)N[S@](C)=O)cc1C.II.II.S.S.S.S. The average Bonchev–Trinajstić information content (AvgIpc) is 3.35. The fraction of sp³-hybridized carbons (Fsp3) is 0.456. The molecule has 5 aromatic rings. The molecule has 0 radical (unpaired) electrons. The number of nitrogens with one attached hydrogen (secondary N) is 2. The summed E-state index contributed by atoms with van der Waals surface area (Å²) in [5, 5.41) is 0. The number of hydrogen-bond donors (Lipinski definition) is 4. The molecular formula is C57H94I4N4O8S6. The maximum Gasteiger partial charge on any atom is 0.160 e. The Hall–Kier alpha value is -0.770. The van der Waals surface area contributed by atoms with E-state index in [9.17, 15) is 13.2 Å². The lowest BCUT2D eigenvalue weighted by Crippen LogP contribution is -2.21. The van der Waals surface area contributed by atoms with Gasteiger partial charge in [0.2, 0.25) is 0 Å². The molecule has 0 aliphatic heterocycles. The highest BCUT2D eigenvalue weighted by molar-refractivity contribution is 15.0.